The maximum Gasteiger partial charge on any atom is 0.459 e. The molecule has 2 atom stereocenters. The number of fused-ring (bicyclic) bond motifs is 2. The fourth-order valence-electron chi connectivity index (χ4n) is 8.41. The van der Waals surface area contributed by atoms with E-state index in [0.717, 1.165) is 60.8 Å². The summed E-state index contributed by atoms with van der Waals surface area (Å²) in [4.78, 5) is 62.6. The molecule has 1 saturated carbocycles. The van der Waals surface area contributed by atoms with Crippen molar-refractivity contribution < 1.29 is 18.9 Å². The van der Waals surface area contributed by atoms with Gasteiger partial charge >= 0.3 is 5.76 Å². The maximum absolute atomic E-state index is 13.4. The van der Waals surface area contributed by atoms with Crippen molar-refractivity contribution in [3.63, 3.8) is 0 Å². The molecular formula is C39H49N7O5. The van der Waals surface area contributed by atoms with E-state index in [4.69, 9.17) is 4.52 Å². The number of nitrogens with one attached hydrogen (secondary N) is 1. The Labute approximate surface area is 299 Å². The summed E-state index contributed by atoms with van der Waals surface area (Å²) in [6, 6.07) is 13.1. The van der Waals surface area contributed by atoms with Crippen LogP contribution in [-0.2, 0) is 23.1 Å². The molecule has 12 nitrogen and oxygen atoms in total. The molecule has 1 aromatic heterocycles. The van der Waals surface area contributed by atoms with Gasteiger partial charge in [-0.3, -0.25) is 14.4 Å². The third-order valence-corrected chi connectivity index (χ3v) is 10.9. The second kappa shape index (κ2) is 14.8. The van der Waals surface area contributed by atoms with Gasteiger partial charge in [0.05, 0.1) is 24.1 Å². The highest BCUT2D eigenvalue weighted by atomic mass is 16.5. The average Bonchev–Trinajstić information content (AvgIpc) is 3.75. The predicted molar refractivity (Wildman–Crippen MR) is 192 cm³/mol. The Morgan fingerprint density at radius 3 is 2.08 bits per heavy atom. The number of likely N-dealkylation sites (tertiary alicyclic amines) is 1. The molecule has 1 saturated heterocycles. The van der Waals surface area contributed by atoms with Gasteiger partial charge in [0.25, 0.3) is 11.8 Å². The zero-order valence-corrected chi connectivity index (χ0v) is 30.4. The summed E-state index contributed by atoms with van der Waals surface area (Å²) in [6.07, 6.45) is 7.90. The first kappa shape index (κ1) is 36.0. The van der Waals surface area contributed by atoms with Crippen LogP contribution in [-0.4, -0.2) is 95.5 Å². The van der Waals surface area contributed by atoms with Crippen molar-refractivity contribution in [3.8, 4) is 6.07 Å². The third-order valence-electron chi connectivity index (χ3n) is 10.9. The van der Waals surface area contributed by atoms with Gasteiger partial charge in [-0.2, -0.15) is 15.0 Å². The second-order valence-electron chi connectivity index (χ2n) is 14.8. The van der Waals surface area contributed by atoms with E-state index in [2.05, 4.69) is 16.4 Å². The topological polar surface area (TPSA) is 145 Å². The Kier molecular flexibility index (Phi) is 10.5. The van der Waals surface area contributed by atoms with E-state index >= 15 is 0 Å². The molecule has 1 unspecified atom stereocenters. The monoisotopic (exact) mass is 695 g/mol. The van der Waals surface area contributed by atoms with Gasteiger partial charge < -0.3 is 24.5 Å². The maximum atomic E-state index is 13.4. The molecule has 0 bridgehead atoms. The zero-order valence-electron chi connectivity index (χ0n) is 30.4. The van der Waals surface area contributed by atoms with Gasteiger partial charge in [-0.05, 0) is 98.4 Å². The molecule has 2 aliphatic carbocycles. The number of carbonyl (C=O) groups is 3. The SMILES string of the molecule is C[C@H](CC1(c2nc(=O)on2C2CCCCC2)c2ccc(C(=O)N(C)C)cc2CCc2cc(C(=O)N(C)C)ccc21)NCC(=O)N1CCCC1C#N. The summed E-state index contributed by atoms with van der Waals surface area (Å²) < 4.78 is 7.73. The summed E-state index contributed by atoms with van der Waals surface area (Å²) in [5, 5.41) is 13.1. The number of nitrogens with zero attached hydrogens (tertiary/aromatic N) is 6. The normalized spacial score (nSPS) is 19.0. The lowest BCUT2D eigenvalue weighted by Crippen LogP contribution is -2.46. The largest absolute Gasteiger partial charge is 0.459 e. The van der Waals surface area contributed by atoms with Gasteiger partial charge in [-0.15, -0.1) is 0 Å². The minimum Gasteiger partial charge on any atom is -0.345 e. The van der Waals surface area contributed by atoms with Crippen LogP contribution in [0.1, 0.15) is 113 Å². The van der Waals surface area contributed by atoms with E-state index in [1.807, 2.05) is 43.3 Å². The van der Waals surface area contributed by atoms with Crippen LogP contribution in [0.25, 0.3) is 0 Å². The summed E-state index contributed by atoms with van der Waals surface area (Å²) >= 11 is 0. The summed E-state index contributed by atoms with van der Waals surface area (Å²) in [5.41, 5.74) is 3.77. The first-order valence-electron chi connectivity index (χ1n) is 18.2. The highest BCUT2D eigenvalue weighted by molar-refractivity contribution is 5.95. The van der Waals surface area contributed by atoms with Crippen molar-refractivity contribution >= 4 is 17.7 Å². The van der Waals surface area contributed by atoms with Crippen LogP contribution in [0.5, 0.6) is 0 Å². The second-order valence-corrected chi connectivity index (χ2v) is 14.8. The highest BCUT2D eigenvalue weighted by Crippen LogP contribution is 2.49. The Morgan fingerprint density at radius 1 is 0.941 bits per heavy atom. The number of nitriles is 1. The number of hydrogen-bond acceptors (Lipinski definition) is 8. The van der Waals surface area contributed by atoms with Crippen LogP contribution in [0, 0.1) is 11.3 Å². The van der Waals surface area contributed by atoms with E-state index in [1.54, 1.807) is 47.6 Å². The molecule has 6 rings (SSSR count). The minimum atomic E-state index is -1.05. The number of amides is 3. The number of aryl methyl sites for hydroxylation is 2. The predicted octanol–water partition coefficient (Wildman–Crippen LogP) is 4.06. The molecule has 2 heterocycles. The summed E-state index contributed by atoms with van der Waals surface area (Å²) in [6.45, 7) is 2.63. The van der Waals surface area contributed by atoms with Crippen LogP contribution >= 0.6 is 0 Å². The van der Waals surface area contributed by atoms with Gasteiger partial charge in [0.15, 0.2) is 5.82 Å². The quantitative estimate of drug-likeness (QED) is 0.353. The lowest BCUT2D eigenvalue weighted by molar-refractivity contribution is -0.130. The molecular weight excluding hydrogens is 646 g/mol. The summed E-state index contributed by atoms with van der Waals surface area (Å²) in [7, 11) is 6.91. The number of hydrogen-bond donors (Lipinski definition) is 1. The Bertz CT molecular complexity index is 1830. The van der Waals surface area contributed by atoms with Crippen molar-refractivity contribution in [1.29, 1.82) is 5.26 Å². The first-order chi connectivity index (χ1) is 24.4. The van der Waals surface area contributed by atoms with Crippen LogP contribution in [0.15, 0.2) is 45.7 Å². The molecule has 2 aromatic carbocycles. The molecule has 3 aromatic rings. The molecule has 270 valence electrons. The van der Waals surface area contributed by atoms with Gasteiger partial charge in [-0.1, -0.05) is 31.4 Å². The van der Waals surface area contributed by atoms with E-state index in [0.29, 0.717) is 49.2 Å². The molecule has 1 aliphatic heterocycles. The van der Waals surface area contributed by atoms with E-state index in [1.165, 1.54) is 0 Å². The van der Waals surface area contributed by atoms with Crippen molar-refractivity contribution in [2.45, 2.75) is 94.7 Å². The number of rotatable bonds is 9. The molecule has 12 heteroatoms. The average molecular weight is 696 g/mol. The Balaban J connectivity index is 1.55. The molecule has 0 spiro atoms. The first-order valence-corrected chi connectivity index (χ1v) is 18.2. The van der Waals surface area contributed by atoms with E-state index in [-0.39, 0.29) is 36.3 Å². The standard InChI is InChI=1S/C39H49N7O5/c1-25(41-24-34(47)45-19-9-12-31(45)23-40)22-39(37-42-38(50)51-46(37)30-10-7-6-8-11-30)32-17-15-28(35(48)43(2)3)20-26(32)13-14-27-21-29(16-18-33(27)39)36(49)44(4)5/h15-18,20-21,25,30-31,41H,6-14,19,22,24H2,1-5H3/t25-,31?/m1/s1. The van der Waals surface area contributed by atoms with Crippen LogP contribution in [0.3, 0.4) is 0 Å². The van der Waals surface area contributed by atoms with Crippen molar-refractivity contribution in [2.24, 2.45) is 0 Å². The smallest absolute Gasteiger partial charge is 0.345 e. The fourth-order valence-corrected chi connectivity index (χ4v) is 8.41. The van der Waals surface area contributed by atoms with E-state index in [9.17, 15) is 24.4 Å². The fraction of sp³-hybridized carbons (Fsp3) is 0.538. The molecule has 1 N–H and O–H groups in total. The molecule has 0 radical (unpaired) electrons. The van der Waals surface area contributed by atoms with Gasteiger partial charge in [-0.25, -0.2) is 4.79 Å². The number of carbonyl (C=O) groups excluding carboxylic acids is 3. The highest BCUT2D eigenvalue weighted by Gasteiger charge is 2.48. The van der Waals surface area contributed by atoms with Crippen LogP contribution in [0.4, 0.5) is 0 Å². The zero-order chi connectivity index (χ0) is 36.4. The van der Waals surface area contributed by atoms with Crippen molar-refractivity contribution in [2.75, 3.05) is 41.3 Å². The Morgan fingerprint density at radius 2 is 1.53 bits per heavy atom. The van der Waals surface area contributed by atoms with Crippen LogP contribution < -0.4 is 11.1 Å². The molecule has 51 heavy (non-hydrogen) atoms. The Hall–Kier alpha value is -4.76. The van der Waals surface area contributed by atoms with Gasteiger partial charge in [0.2, 0.25) is 5.91 Å². The van der Waals surface area contributed by atoms with Crippen molar-refractivity contribution in [1.82, 2.24) is 29.7 Å². The molecule has 3 amide bonds. The van der Waals surface area contributed by atoms with Gasteiger partial charge in [0, 0.05) is 51.9 Å². The third kappa shape index (κ3) is 6.96. The number of benzene rings is 2. The lowest BCUT2D eigenvalue weighted by Gasteiger charge is -2.39. The molecule has 2 fully saturated rings. The van der Waals surface area contributed by atoms with Gasteiger partial charge in [0.1, 0.15) is 6.04 Å². The minimum absolute atomic E-state index is 0.0515. The molecule has 3 aliphatic rings. The summed E-state index contributed by atoms with van der Waals surface area (Å²) in [5.74, 6) is -0.535. The number of aromatic nitrogens is 2. The lowest BCUT2D eigenvalue weighted by atomic mass is 9.67. The van der Waals surface area contributed by atoms with Crippen LogP contribution in [0.2, 0.25) is 0 Å². The van der Waals surface area contributed by atoms with Crippen molar-refractivity contribution in [3.05, 3.63) is 86.2 Å². The van der Waals surface area contributed by atoms with E-state index < -0.39 is 17.2 Å².